The minimum Gasteiger partial charge on any atom is -0.324 e. The lowest BCUT2D eigenvalue weighted by Gasteiger charge is -2.22. The summed E-state index contributed by atoms with van der Waals surface area (Å²) in [4.78, 5) is 15.1. The molecular formula is C27H22Cl2N2O3S2. The number of halogens is 2. The van der Waals surface area contributed by atoms with E-state index in [0.29, 0.717) is 21.3 Å². The van der Waals surface area contributed by atoms with Gasteiger partial charge >= 0.3 is 0 Å². The second-order valence-electron chi connectivity index (χ2n) is 7.81. The van der Waals surface area contributed by atoms with Crippen LogP contribution < -0.4 is 5.32 Å². The first-order valence-electron chi connectivity index (χ1n) is 10.9. The van der Waals surface area contributed by atoms with Crippen LogP contribution in [0.4, 0.5) is 5.69 Å². The standard InChI is InChI=1S/C27H22Cl2N2O3S2/c28-21-12-10-20(11-13-21)18-31(36(33,34)24-16-14-22(29)15-17-24)19-27(32)30-25-8-4-5-9-26(25)35-23-6-2-1-3-7-23/h1-17H,18-19H2,(H,30,32). The first-order valence-corrected chi connectivity index (χ1v) is 13.9. The Kier molecular flexibility index (Phi) is 8.72. The van der Waals surface area contributed by atoms with Crippen molar-refractivity contribution in [3.8, 4) is 0 Å². The van der Waals surface area contributed by atoms with Crippen LogP contribution in [-0.4, -0.2) is 25.2 Å². The number of nitrogens with zero attached hydrogens (tertiary/aromatic N) is 1. The number of hydrogen-bond donors (Lipinski definition) is 1. The van der Waals surface area contributed by atoms with Crippen LogP contribution >= 0.6 is 35.0 Å². The van der Waals surface area contributed by atoms with Crippen molar-refractivity contribution in [3.05, 3.63) is 119 Å². The van der Waals surface area contributed by atoms with Crippen molar-refractivity contribution >= 4 is 56.6 Å². The summed E-state index contributed by atoms with van der Waals surface area (Å²) < 4.78 is 28.1. The molecule has 0 heterocycles. The van der Waals surface area contributed by atoms with Crippen LogP contribution in [0, 0.1) is 0 Å². The minimum absolute atomic E-state index is 0.00401. The van der Waals surface area contributed by atoms with Crippen molar-refractivity contribution in [2.45, 2.75) is 21.2 Å². The molecule has 0 aliphatic rings. The molecule has 4 rings (SSSR count). The summed E-state index contributed by atoms with van der Waals surface area (Å²) in [5.74, 6) is -0.456. The average molecular weight is 558 g/mol. The van der Waals surface area contributed by atoms with Gasteiger partial charge in [0.2, 0.25) is 15.9 Å². The molecule has 184 valence electrons. The van der Waals surface area contributed by atoms with Crippen LogP contribution in [0.25, 0.3) is 0 Å². The zero-order chi connectivity index (χ0) is 25.5. The molecule has 0 radical (unpaired) electrons. The van der Waals surface area contributed by atoms with E-state index in [1.807, 2.05) is 48.5 Å². The fraction of sp³-hybridized carbons (Fsp3) is 0.0741. The minimum atomic E-state index is -4.00. The third-order valence-corrected chi connectivity index (χ3v) is 8.57. The average Bonchev–Trinajstić information content (AvgIpc) is 2.87. The number of amides is 1. The molecule has 0 saturated heterocycles. The van der Waals surface area contributed by atoms with Gasteiger partial charge in [-0.1, -0.05) is 77.4 Å². The zero-order valence-corrected chi connectivity index (χ0v) is 22.1. The summed E-state index contributed by atoms with van der Waals surface area (Å²) in [6, 6.07) is 29.9. The van der Waals surface area contributed by atoms with Gasteiger partial charge in [0.1, 0.15) is 0 Å². The first kappa shape index (κ1) is 26.3. The van der Waals surface area contributed by atoms with Gasteiger partial charge in [0.15, 0.2) is 0 Å². The fourth-order valence-corrected chi connectivity index (χ4v) is 5.96. The van der Waals surface area contributed by atoms with Crippen molar-refractivity contribution < 1.29 is 13.2 Å². The van der Waals surface area contributed by atoms with Crippen molar-refractivity contribution in [2.75, 3.05) is 11.9 Å². The van der Waals surface area contributed by atoms with E-state index in [1.165, 1.54) is 36.0 Å². The number of benzene rings is 4. The molecule has 0 spiro atoms. The summed E-state index contributed by atoms with van der Waals surface area (Å²) in [6.07, 6.45) is 0. The van der Waals surface area contributed by atoms with Crippen molar-refractivity contribution in [1.29, 1.82) is 0 Å². The number of anilines is 1. The van der Waals surface area contributed by atoms with Gasteiger partial charge in [-0.25, -0.2) is 8.42 Å². The number of nitrogens with one attached hydrogen (secondary N) is 1. The highest BCUT2D eigenvalue weighted by molar-refractivity contribution is 7.99. The maximum absolute atomic E-state index is 13.5. The Labute approximate surface area is 225 Å². The van der Waals surface area contributed by atoms with E-state index in [9.17, 15) is 13.2 Å². The molecule has 0 fully saturated rings. The van der Waals surface area contributed by atoms with Crippen LogP contribution in [-0.2, 0) is 21.4 Å². The van der Waals surface area contributed by atoms with E-state index in [2.05, 4.69) is 5.32 Å². The molecule has 9 heteroatoms. The van der Waals surface area contributed by atoms with Crippen LogP contribution in [0.2, 0.25) is 10.0 Å². The largest absolute Gasteiger partial charge is 0.324 e. The molecular weight excluding hydrogens is 535 g/mol. The number of rotatable bonds is 9. The Hall–Kier alpha value is -2.81. The topological polar surface area (TPSA) is 66.5 Å². The van der Waals surface area contributed by atoms with Crippen LogP contribution in [0.1, 0.15) is 5.56 Å². The molecule has 0 aromatic heterocycles. The Morgan fingerprint density at radius 3 is 2.03 bits per heavy atom. The maximum Gasteiger partial charge on any atom is 0.243 e. The molecule has 1 amide bonds. The molecule has 0 aliphatic heterocycles. The monoisotopic (exact) mass is 556 g/mol. The van der Waals surface area contributed by atoms with Gasteiger partial charge in [-0.3, -0.25) is 4.79 Å². The van der Waals surface area contributed by atoms with Crippen molar-refractivity contribution in [1.82, 2.24) is 4.31 Å². The second kappa shape index (κ2) is 12.0. The molecule has 0 unspecified atom stereocenters. The molecule has 5 nitrogen and oxygen atoms in total. The van der Waals surface area contributed by atoms with Gasteiger partial charge in [-0.2, -0.15) is 4.31 Å². The number of carbonyl (C=O) groups excluding carboxylic acids is 1. The lowest BCUT2D eigenvalue weighted by atomic mass is 10.2. The smallest absolute Gasteiger partial charge is 0.243 e. The number of carbonyl (C=O) groups is 1. The van der Waals surface area contributed by atoms with Gasteiger partial charge in [0, 0.05) is 26.4 Å². The maximum atomic E-state index is 13.5. The third kappa shape index (κ3) is 6.90. The van der Waals surface area contributed by atoms with Gasteiger partial charge in [-0.15, -0.1) is 0 Å². The molecule has 0 bridgehead atoms. The summed E-state index contributed by atoms with van der Waals surface area (Å²) in [5, 5.41) is 3.84. The van der Waals surface area contributed by atoms with Crippen LogP contribution in [0.3, 0.4) is 0 Å². The molecule has 4 aromatic rings. The van der Waals surface area contributed by atoms with E-state index in [1.54, 1.807) is 30.3 Å². The summed E-state index contributed by atoms with van der Waals surface area (Å²) in [5.41, 5.74) is 1.30. The predicted molar refractivity (Wildman–Crippen MR) is 146 cm³/mol. The number of sulfonamides is 1. The van der Waals surface area contributed by atoms with Gasteiger partial charge < -0.3 is 5.32 Å². The van der Waals surface area contributed by atoms with Crippen LogP contribution in [0.5, 0.6) is 0 Å². The molecule has 4 aromatic carbocycles. The Balaban J connectivity index is 1.57. The lowest BCUT2D eigenvalue weighted by molar-refractivity contribution is -0.116. The Morgan fingerprint density at radius 1 is 0.778 bits per heavy atom. The van der Waals surface area contributed by atoms with Crippen molar-refractivity contribution in [3.63, 3.8) is 0 Å². The van der Waals surface area contributed by atoms with E-state index >= 15 is 0 Å². The first-order chi connectivity index (χ1) is 17.3. The Bertz CT molecular complexity index is 1430. The second-order valence-corrected chi connectivity index (χ2v) is 11.7. The molecule has 0 aliphatic carbocycles. The highest BCUT2D eigenvalue weighted by Crippen LogP contribution is 2.33. The van der Waals surface area contributed by atoms with Gasteiger partial charge in [0.05, 0.1) is 17.1 Å². The number of para-hydroxylation sites is 1. The van der Waals surface area contributed by atoms with E-state index in [-0.39, 0.29) is 18.0 Å². The van der Waals surface area contributed by atoms with Gasteiger partial charge in [0.25, 0.3) is 0 Å². The lowest BCUT2D eigenvalue weighted by Crippen LogP contribution is -2.37. The molecule has 36 heavy (non-hydrogen) atoms. The van der Waals surface area contributed by atoms with Crippen LogP contribution in [0.15, 0.2) is 118 Å². The zero-order valence-electron chi connectivity index (χ0n) is 19.0. The normalized spacial score (nSPS) is 11.4. The highest BCUT2D eigenvalue weighted by Gasteiger charge is 2.27. The third-order valence-electron chi connectivity index (χ3n) is 5.18. The van der Waals surface area contributed by atoms with Crippen molar-refractivity contribution in [2.24, 2.45) is 0 Å². The summed E-state index contributed by atoms with van der Waals surface area (Å²) in [6.45, 7) is -0.381. The fourth-order valence-electron chi connectivity index (χ4n) is 3.40. The van der Waals surface area contributed by atoms with E-state index < -0.39 is 15.9 Å². The van der Waals surface area contributed by atoms with Gasteiger partial charge in [-0.05, 0) is 66.2 Å². The van der Waals surface area contributed by atoms with E-state index in [0.717, 1.165) is 14.1 Å². The molecule has 0 saturated carbocycles. The summed E-state index contributed by atoms with van der Waals surface area (Å²) in [7, 11) is -4.00. The SMILES string of the molecule is O=C(CN(Cc1ccc(Cl)cc1)S(=O)(=O)c1ccc(Cl)cc1)Nc1ccccc1Sc1ccccc1. The quantitative estimate of drug-likeness (QED) is 0.241. The highest BCUT2D eigenvalue weighted by atomic mass is 35.5. The summed E-state index contributed by atoms with van der Waals surface area (Å²) >= 11 is 13.4. The Morgan fingerprint density at radius 2 is 1.36 bits per heavy atom. The predicted octanol–water partition coefficient (Wildman–Crippen LogP) is 6.97. The molecule has 0 atom stereocenters. The molecule has 1 N–H and O–H groups in total. The van der Waals surface area contributed by atoms with E-state index in [4.69, 9.17) is 23.2 Å². The number of hydrogen-bond acceptors (Lipinski definition) is 4.